The third kappa shape index (κ3) is 9.98. The molecule has 3 aromatic heterocycles. The second-order valence-corrected chi connectivity index (χ2v) is 29.1. The van der Waals surface area contributed by atoms with Crippen LogP contribution in [-0.2, 0) is 47.4 Å². The molecule has 3 aliphatic rings. The molecule has 4 heterocycles. The van der Waals surface area contributed by atoms with Crippen LogP contribution in [0.5, 0.6) is 5.88 Å². The Hall–Kier alpha value is -2.36. The van der Waals surface area contributed by atoms with Crippen LogP contribution in [0.2, 0.25) is 22.2 Å². The molecule has 1 saturated heterocycles. The maximum absolute atomic E-state index is 12.8. The normalized spacial score (nSPS) is 28.4. The van der Waals surface area contributed by atoms with Gasteiger partial charge in [-0.25, -0.2) is 19.6 Å². The summed E-state index contributed by atoms with van der Waals surface area (Å²) in [7, 11) is -9.43. The van der Waals surface area contributed by atoms with E-state index in [4.69, 9.17) is 47.6 Å². The molecule has 0 radical (unpaired) electrons. The van der Waals surface area contributed by atoms with Gasteiger partial charge >= 0.3 is 32.1 Å². The molecule has 1 unspecified atom stereocenters. The maximum Gasteiger partial charge on any atom is 0.335 e. The van der Waals surface area contributed by atoms with E-state index >= 15 is 0 Å². The van der Waals surface area contributed by atoms with E-state index in [0.717, 1.165) is 0 Å². The van der Waals surface area contributed by atoms with E-state index in [9.17, 15) is 19.5 Å². The van der Waals surface area contributed by atoms with Crippen LogP contribution in [-0.4, -0.2) is 101 Å². The zero-order chi connectivity index (χ0) is 42.7. The highest BCUT2D eigenvalue weighted by Crippen LogP contribution is 2.58. The van der Waals surface area contributed by atoms with Crippen LogP contribution in [0.4, 0.5) is 0 Å². The second-order valence-electron chi connectivity index (χ2n) is 16.6. The van der Waals surface area contributed by atoms with Gasteiger partial charge in [-0.1, -0.05) is 60.6 Å². The summed E-state index contributed by atoms with van der Waals surface area (Å²) < 4.78 is 67.0. The first-order valence-corrected chi connectivity index (χ1v) is 27.9. The summed E-state index contributed by atoms with van der Waals surface area (Å²) in [6.07, 6.45) is 2.64. The Morgan fingerprint density at radius 1 is 1.08 bits per heavy atom. The van der Waals surface area contributed by atoms with E-state index < -0.39 is 74.0 Å². The largest absolute Gasteiger partial charge is 0.474 e. The first-order chi connectivity index (χ1) is 28.0. The van der Waals surface area contributed by atoms with Crippen molar-refractivity contribution in [2.45, 2.75) is 134 Å². The zero-order valence-corrected chi connectivity index (χ0v) is 39.3. The molecule has 2 N–H and O–H groups in total. The second kappa shape index (κ2) is 19.4. The number of nitrogens with zero attached hydrogens (tertiary/aromatic N) is 7. The van der Waals surface area contributed by atoms with Crippen molar-refractivity contribution in [3.8, 4) is 11.9 Å². The van der Waals surface area contributed by atoms with Crippen LogP contribution in [0.3, 0.4) is 0 Å². The predicted octanol–water partition coefficient (Wildman–Crippen LogP) is 6.00. The number of hydrogen-bond acceptors (Lipinski definition) is 17. The minimum Gasteiger partial charge on any atom is -0.474 e. The Kier molecular flexibility index (Phi) is 15.1. The lowest BCUT2D eigenvalue weighted by molar-refractivity contribution is -0.0256. The van der Waals surface area contributed by atoms with E-state index in [1.807, 2.05) is 0 Å². The number of aromatic amines is 1. The highest BCUT2D eigenvalue weighted by Gasteiger charge is 2.62. The Bertz CT molecular complexity index is 2050. The molecule has 2 saturated carbocycles. The Morgan fingerprint density at radius 2 is 1.81 bits per heavy atom. The van der Waals surface area contributed by atoms with E-state index in [2.05, 4.69) is 91.7 Å². The number of ether oxygens (including phenoxy) is 1. The molecule has 3 fully saturated rings. The molecule has 1 aliphatic heterocycles. The summed E-state index contributed by atoms with van der Waals surface area (Å²) in [6, 6.07) is 3.07. The van der Waals surface area contributed by atoms with Crippen molar-refractivity contribution in [3.05, 3.63) is 35.3 Å². The predicted molar refractivity (Wildman–Crippen MR) is 223 cm³/mol. The number of fused-ring (bicyclic) bond motifs is 2. The summed E-state index contributed by atoms with van der Waals surface area (Å²) in [5, 5.41) is 18.1. The van der Waals surface area contributed by atoms with Gasteiger partial charge < -0.3 is 45.7 Å². The number of rotatable bonds is 17. The minimum atomic E-state index is -3.80. The van der Waals surface area contributed by atoms with Gasteiger partial charge in [0.2, 0.25) is 5.88 Å². The molecule has 6 rings (SSSR count). The lowest BCUT2D eigenvalue weighted by atomic mass is 10.1. The van der Waals surface area contributed by atoms with Crippen molar-refractivity contribution < 1.29 is 45.3 Å². The molecule has 19 nitrogen and oxygen atoms in total. The minimum absolute atomic E-state index is 0.00307. The van der Waals surface area contributed by atoms with Crippen LogP contribution in [0.15, 0.2) is 29.7 Å². The lowest BCUT2D eigenvalue weighted by Crippen LogP contribution is -2.65. The van der Waals surface area contributed by atoms with Crippen LogP contribution in [0.25, 0.3) is 11.2 Å². The summed E-state index contributed by atoms with van der Waals surface area (Å²) in [4.78, 5) is 37.7. The lowest BCUT2D eigenvalue weighted by Gasteiger charge is -2.52. The van der Waals surface area contributed by atoms with Crippen molar-refractivity contribution in [3.63, 3.8) is 0 Å². The van der Waals surface area contributed by atoms with Crippen LogP contribution < -0.4 is 10.3 Å². The van der Waals surface area contributed by atoms with Crippen molar-refractivity contribution in [1.82, 2.24) is 34.9 Å². The van der Waals surface area contributed by atoms with E-state index in [0.29, 0.717) is 25.3 Å². The fraction of sp³-hybridized carbons (Fsp3) is 0.743. The fourth-order valence-electron chi connectivity index (χ4n) is 8.66. The molecular formula is C35H56N8O11P2SSi2. The molecule has 326 valence electrons. The highest BCUT2D eigenvalue weighted by molar-refractivity contribution is 8.07. The van der Waals surface area contributed by atoms with Gasteiger partial charge in [-0.05, 0) is 46.8 Å². The molecule has 0 amide bonds. The van der Waals surface area contributed by atoms with Gasteiger partial charge in [-0.2, -0.15) is 5.26 Å². The summed E-state index contributed by atoms with van der Waals surface area (Å²) in [5.74, 6) is -0.353. The molecular weight excluding hydrogens is 859 g/mol. The SMILES string of the molecule is CC(C)[Si]1(C(C)C)OC[C@H]2C[C@@H](n3nnc4c(=O)[nH]cnc43)[C@H](O[P@](=S)(OCCC#N)OC[C@H]3C[C@@H](Oc4ccncn4)C[C@@H]3O[PH](=O)O)[C@@H]2O[Si](C(C)C)(C(C)C)O1. The van der Waals surface area contributed by atoms with E-state index in [1.165, 1.54) is 12.7 Å². The molecule has 0 spiro atoms. The van der Waals surface area contributed by atoms with Gasteiger partial charge in [-0.3, -0.25) is 9.36 Å². The summed E-state index contributed by atoms with van der Waals surface area (Å²) in [6.45, 7) is 13.5. The summed E-state index contributed by atoms with van der Waals surface area (Å²) >= 11 is 6.19. The van der Waals surface area contributed by atoms with Gasteiger partial charge in [0.25, 0.3) is 5.56 Å². The highest BCUT2D eigenvalue weighted by atomic mass is 32.5. The monoisotopic (exact) mass is 914 g/mol. The first-order valence-electron chi connectivity index (χ1n) is 20.1. The van der Waals surface area contributed by atoms with Crippen molar-refractivity contribution >= 4 is 55.1 Å². The first kappa shape index (κ1) is 46.2. The smallest absolute Gasteiger partial charge is 0.335 e. The number of nitriles is 1. The van der Waals surface area contributed by atoms with Crippen LogP contribution in [0.1, 0.15) is 87.1 Å². The van der Waals surface area contributed by atoms with Gasteiger partial charge in [0, 0.05) is 37.1 Å². The Labute approximate surface area is 351 Å². The van der Waals surface area contributed by atoms with Gasteiger partial charge in [0.1, 0.15) is 18.5 Å². The third-order valence-corrected chi connectivity index (χ3v) is 24.6. The molecule has 9 atom stereocenters. The van der Waals surface area contributed by atoms with E-state index in [-0.39, 0.29) is 65.3 Å². The average molecular weight is 915 g/mol. The van der Waals surface area contributed by atoms with Crippen molar-refractivity contribution in [1.29, 1.82) is 5.26 Å². The van der Waals surface area contributed by atoms with Gasteiger partial charge in [0.05, 0.1) is 50.3 Å². The van der Waals surface area contributed by atoms with Crippen molar-refractivity contribution in [2.24, 2.45) is 11.8 Å². The van der Waals surface area contributed by atoms with Crippen molar-refractivity contribution in [2.75, 3.05) is 19.8 Å². The molecule has 24 heteroatoms. The molecule has 0 bridgehead atoms. The Balaban J connectivity index is 1.39. The third-order valence-electron chi connectivity index (χ3n) is 11.5. The molecule has 59 heavy (non-hydrogen) atoms. The molecule has 2 aliphatic carbocycles. The average Bonchev–Trinajstić information content (AvgIpc) is 3.86. The van der Waals surface area contributed by atoms with Gasteiger partial charge in [0.15, 0.2) is 11.2 Å². The number of nitrogens with one attached hydrogen (secondary N) is 1. The number of hydrogen-bond donors (Lipinski definition) is 2. The molecule has 3 aromatic rings. The quantitative estimate of drug-likeness (QED) is 0.0896. The van der Waals surface area contributed by atoms with Gasteiger partial charge in [-0.15, -0.1) is 5.10 Å². The summed E-state index contributed by atoms with van der Waals surface area (Å²) in [5.41, 5.74) is 0.123. The fourth-order valence-corrected chi connectivity index (χ4v) is 22.7. The van der Waals surface area contributed by atoms with Crippen LogP contribution >= 0.6 is 15.0 Å². The number of H-pyrrole nitrogens is 1. The topological polar surface area (TPSA) is 237 Å². The maximum atomic E-state index is 12.8. The Morgan fingerprint density at radius 3 is 2.46 bits per heavy atom. The van der Waals surface area contributed by atoms with E-state index in [1.54, 1.807) is 16.9 Å². The molecule has 0 aromatic carbocycles. The number of aromatic nitrogens is 7. The van der Waals surface area contributed by atoms with Crippen LogP contribution in [0, 0.1) is 23.2 Å². The zero-order valence-electron chi connectivity index (χ0n) is 34.6. The standard InChI is InChI=1S/C35H56N8O11P2SSi2/c1-21(2)58(22(3)4)49-18-26-15-28(43-34-31(41-42-43)35(44)40-20-39-34)33(32(26)53-59(54-58,23(5)6)24(7)8)52-56(57,47-13-9-11-36)48-17-25-14-27(16-29(25)51-55(45)46)50-30-10-12-37-19-38-30/h10,12,19-29,32-33,55H,9,13-18H2,1-8H3,(H,45,46)(H,39,40,44)/t25-,26-,27-,28-,29+,32-,33+,56+/m1/s1.